The molecule has 2 amide bonds. The van der Waals surface area contributed by atoms with Crippen LogP contribution in [0.4, 0.5) is 5.69 Å². The molecular weight excluding hydrogens is 374 g/mol. The molecular formula is C17H23N3O6S. The first-order valence-electron chi connectivity index (χ1n) is 8.45. The predicted molar refractivity (Wildman–Crippen MR) is 97.3 cm³/mol. The minimum absolute atomic E-state index is 0.111. The normalized spacial score (nSPS) is 17.1. The van der Waals surface area contributed by atoms with Crippen LogP contribution in [0.5, 0.6) is 0 Å². The van der Waals surface area contributed by atoms with Gasteiger partial charge in [-0.25, -0.2) is 13.2 Å². The van der Waals surface area contributed by atoms with Crippen molar-refractivity contribution in [2.45, 2.75) is 43.7 Å². The molecule has 0 aliphatic carbocycles. The first kappa shape index (κ1) is 20.8. The lowest BCUT2D eigenvalue weighted by atomic mass is 10.2. The summed E-state index contributed by atoms with van der Waals surface area (Å²) in [6.45, 7) is 3.04. The molecule has 1 atom stereocenters. The fraction of sp³-hybridized carbons (Fsp3) is 0.471. The Morgan fingerprint density at radius 1 is 1.30 bits per heavy atom. The number of rotatable bonds is 7. The monoisotopic (exact) mass is 397 g/mol. The Hall–Kier alpha value is -2.46. The second-order valence-electron chi connectivity index (χ2n) is 6.45. The van der Waals surface area contributed by atoms with E-state index in [0.717, 1.165) is 0 Å². The lowest BCUT2D eigenvalue weighted by molar-refractivity contribution is -0.149. The molecule has 1 heterocycles. The summed E-state index contributed by atoms with van der Waals surface area (Å²) in [5.41, 5.74) is 0.372. The molecule has 2 N–H and O–H groups in total. The molecule has 148 valence electrons. The molecule has 1 aliphatic heterocycles. The van der Waals surface area contributed by atoms with Gasteiger partial charge in [0, 0.05) is 25.2 Å². The molecule has 9 nitrogen and oxygen atoms in total. The third kappa shape index (κ3) is 5.27. The highest BCUT2D eigenvalue weighted by Crippen LogP contribution is 2.19. The number of carbonyl (C=O) groups excluding carboxylic acids is 3. The second-order valence-corrected chi connectivity index (χ2v) is 8.45. The van der Waals surface area contributed by atoms with Crippen LogP contribution in [0.25, 0.3) is 0 Å². The van der Waals surface area contributed by atoms with Crippen LogP contribution in [0.1, 0.15) is 26.7 Å². The minimum atomic E-state index is -3.60. The largest absolute Gasteiger partial charge is 0.454 e. The van der Waals surface area contributed by atoms with E-state index in [1.54, 1.807) is 13.8 Å². The van der Waals surface area contributed by atoms with Crippen LogP contribution in [-0.2, 0) is 29.1 Å². The molecule has 27 heavy (non-hydrogen) atoms. The Kier molecular flexibility index (Phi) is 6.55. The van der Waals surface area contributed by atoms with Crippen LogP contribution in [0, 0.1) is 0 Å². The number of ether oxygens (including phenoxy) is 1. The highest BCUT2D eigenvalue weighted by atomic mass is 32.2. The van der Waals surface area contributed by atoms with E-state index in [-0.39, 0.29) is 23.3 Å². The highest BCUT2D eigenvalue weighted by Gasteiger charge is 2.29. The van der Waals surface area contributed by atoms with E-state index < -0.39 is 34.5 Å². The molecule has 0 radical (unpaired) electrons. The summed E-state index contributed by atoms with van der Waals surface area (Å²) in [4.78, 5) is 34.8. The molecule has 1 fully saturated rings. The van der Waals surface area contributed by atoms with Crippen LogP contribution in [0.2, 0.25) is 0 Å². The molecule has 10 heteroatoms. The zero-order valence-corrected chi connectivity index (χ0v) is 16.2. The van der Waals surface area contributed by atoms with Crippen molar-refractivity contribution in [3.8, 4) is 0 Å². The van der Waals surface area contributed by atoms with Gasteiger partial charge in [-0.3, -0.25) is 9.59 Å². The van der Waals surface area contributed by atoms with Crippen LogP contribution in [0.15, 0.2) is 29.2 Å². The first-order chi connectivity index (χ1) is 12.6. The summed E-state index contributed by atoms with van der Waals surface area (Å²) < 4.78 is 30.9. The van der Waals surface area contributed by atoms with E-state index in [9.17, 15) is 22.8 Å². The number of hydrogen-bond donors (Lipinski definition) is 2. The third-order valence-corrected chi connectivity index (χ3v) is 6.22. The molecule has 1 saturated heterocycles. The van der Waals surface area contributed by atoms with E-state index in [0.29, 0.717) is 12.1 Å². The number of amides is 2. The van der Waals surface area contributed by atoms with Gasteiger partial charge >= 0.3 is 5.97 Å². The van der Waals surface area contributed by atoms with Crippen molar-refractivity contribution < 1.29 is 27.5 Å². The van der Waals surface area contributed by atoms with Crippen LogP contribution >= 0.6 is 0 Å². The molecule has 1 aliphatic rings. The van der Waals surface area contributed by atoms with Gasteiger partial charge in [0.1, 0.15) is 6.04 Å². The van der Waals surface area contributed by atoms with E-state index in [1.807, 2.05) is 0 Å². The van der Waals surface area contributed by atoms with Gasteiger partial charge in [0.25, 0.3) is 5.91 Å². The predicted octanol–water partition coefficient (Wildman–Crippen LogP) is 0.476. The number of anilines is 1. The summed E-state index contributed by atoms with van der Waals surface area (Å²) in [7, 11) is -2.11. The van der Waals surface area contributed by atoms with Crippen molar-refractivity contribution in [1.82, 2.24) is 9.62 Å². The molecule has 1 aromatic carbocycles. The number of nitrogens with zero attached hydrogens (tertiary/aromatic N) is 1. The number of hydrogen-bond acceptors (Lipinski definition) is 6. The second kappa shape index (κ2) is 8.49. The smallest absolute Gasteiger partial charge is 0.329 e. The van der Waals surface area contributed by atoms with E-state index >= 15 is 0 Å². The molecule has 0 spiro atoms. The summed E-state index contributed by atoms with van der Waals surface area (Å²) >= 11 is 0. The number of benzene rings is 1. The molecule has 0 unspecified atom stereocenters. The molecule has 1 aromatic rings. The van der Waals surface area contributed by atoms with E-state index in [4.69, 9.17) is 4.74 Å². The topological polar surface area (TPSA) is 122 Å². The van der Waals surface area contributed by atoms with Crippen LogP contribution in [0.3, 0.4) is 0 Å². The van der Waals surface area contributed by atoms with Gasteiger partial charge in [-0.05, 0) is 44.5 Å². The van der Waals surface area contributed by atoms with Gasteiger partial charge in [0.2, 0.25) is 15.9 Å². The maximum Gasteiger partial charge on any atom is 0.329 e. The van der Waals surface area contributed by atoms with Crippen molar-refractivity contribution in [2.75, 3.05) is 19.0 Å². The SMILES string of the molecule is CC(C)N(C)S(=O)(=O)c1ccc(NC(=O)COC(=O)[C@H]2CCC(=O)N2)cc1. The minimum Gasteiger partial charge on any atom is -0.454 e. The van der Waals surface area contributed by atoms with Gasteiger partial charge in [0.15, 0.2) is 6.61 Å². The zero-order valence-electron chi connectivity index (χ0n) is 15.4. The highest BCUT2D eigenvalue weighted by molar-refractivity contribution is 7.89. The average Bonchev–Trinajstić information content (AvgIpc) is 3.06. The Labute approximate surface area is 158 Å². The third-order valence-electron chi connectivity index (χ3n) is 4.17. The van der Waals surface area contributed by atoms with Gasteiger partial charge in [-0.1, -0.05) is 0 Å². The maximum atomic E-state index is 12.4. The fourth-order valence-electron chi connectivity index (χ4n) is 2.38. The van der Waals surface area contributed by atoms with Crippen LogP contribution in [-0.4, -0.2) is 56.2 Å². The summed E-state index contributed by atoms with van der Waals surface area (Å²) in [5.74, 6) is -1.45. The molecule has 0 bridgehead atoms. The Morgan fingerprint density at radius 2 is 1.93 bits per heavy atom. The van der Waals surface area contributed by atoms with Gasteiger partial charge < -0.3 is 15.4 Å². The van der Waals surface area contributed by atoms with Crippen LogP contribution < -0.4 is 10.6 Å². The molecule has 0 aromatic heterocycles. The number of esters is 1. The molecule has 2 rings (SSSR count). The quantitative estimate of drug-likeness (QED) is 0.645. The number of nitrogens with one attached hydrogen (secondary N) is 2. The van der Waals surface area contributed by atoms with Gasteiger partial charge in [0.05, 0.1) is 4.90 Å². The van der Waals surface area contributed by atoms with Crippen molar-refractivity contribution in [2.24, 2.45) is 0 Å². The molecule has 0 saturated carbocycles. The number of carbonyl (C=O) groups is 3. The first-order valence-corrected chi connectivity index (χ1v) is 9.89. The van der Waals surface area contributed by atoms with Crippen molar-refractivity contribution in [1.29, 1.82) is 0 Å². The summed E-state index contributed by atoms with van der Waals surface area (Å²) in [5, 5.41) is 4.97. The van der Waals surface area contributed by atoms with E-state index in [2.05, 4.69) is 10.6 Å². The average molecular weight is 397 g/mol. The lowest BCUT2D eigenvalue weighted by Gasteiger charge is -2.21. The summed E-state index contributed by atoms with van der Waals surface area (Å²) in [6.07, 6.45) is 0.604. The van der Waals surface area contributed by atoms with Gasteiger partial charge in [-0.2, -0.15) is 4.31 Å². The number of sulfonamides is 1. The Balaban J connectivity index is 1.89. The van der Waals surface area contributed by atoms with Gasteiger partial charge in [-0.15, -0.1) is 0 Å². The van der Waals surface area contributed by atoms with Crippen molar-refractivity contribution >= 4 is 33.5 Å². The lowest BCUT2D eigenvalue weighted by Crippen LogP contribution is -2.36. The Bertz CT molecular complexity index is 820. The standard InChI is InChI=1S/C17H23N3O6S/c1-11(2)20(3)27(24,25)13-6-4-12(5-7-13)18-16(22)10-26-17(23)14-8-9-15(21)19-14/h4-7,11,14H,8-10H2,1-3H3,(H,18,22)(H,19,21)/t14-/m1/s1. The zero-order chi connectivity index (χ0) is 20.2. The van der Waals surface area contributed by atoms with Crippen molar-refractivity contribution in [3.05, 3.63) is 24.3 Å². The fourth-order valence-corrected chi connectivity index (χ4v) is 3.75. The Morgan fingerprint density at radius 3 is 2.44 bits per heavy atom. The maximum absolute atomic E-state index is 12.4. The van der Waals surface area contributed by atoms with Crippen molar-refractivity contribution in [3.63, 3.8) is 0 Å². The van der Waals surface area contributed by atoms with E-state index in [1.165, 1.54) is 35.6 Å². The summed E-state index contributed by atoms with van der Waals surface area (Å²) in [6, 6.07) is 4.80.